The van der Waals surface area contributed by atoms with E-state index in [0.29, 0.717) is 6.42 Å². The quantitative estimate of drug-likeness (QED) is 0.754. The van der Waals surface area contributed by atoms with Gasteiger partial charge in [0.2, 0.25) is 5.91 Å². The average Bonchev–Trinajstić information content (AvgIpc) is 2.62. The minimum atomic E-state index is -0.0998. The number of nitrogens with one attached hydrogen (secondary N) is 1. The van der Waals surface area contributed by atoms with Gasteiger partial charge in [0.25, 0.3) is 0 Å². The summed E-state index contributed by atoms with van der Waals surface area (Å²) in [6, 6.07) is 5.56. The number of ether oxygens (including phenoxy) is 2. The van der Waals surface area contributed by atoms with E-state index in [-0.39, 0.29) is 11.9 Å². The second-order valence-corrected chi connectivity index (χ2v) is 6.79. The molecule has 1 saturated carbocycles. The minimum Gasteiger partial charge on any atom is -0.497 e. The molecule has 1 aliphatic rings. The van der Waals surface area contributed by atoms with Crippen molar-refractivity contribution in [2.24, 2.45) is 5.92 Å². The summed E-state index contributed by atoms with van der Waals surface area (Å²) in [6.45, 7) is 1.98. The molecule has 1 atom stereocenters. The summed E-state index contributed by atoms with van der Waals surface area (Å²) in [5, 5.41) is 3.09. The number of hydrogen-bond acceptors (Lipinski definition) is 3. The van der Waals surface area contributed by atoms with E-state index in [1.165, 1.54) is 38.5 Å². The Kier molecular flexibility index (Phi) is 7.41. The largest absolute Gasteiger partial charge is 0.497 e. The molecule has 1 aliphatic carbocycles. The smallest absolute Gasteiger partial charge is 0.220 e. The lowest BCUT2D eigenvalue weighted by Gasteiger charge is -2.21. The third kappa shape index (κ3) is 5.43. The van der Waals surface area contributed by atoms with Crippen molar-refractivity contribution < 1.29 is 14.3 Å². The monoisotopic (exact) mass is 333 g/mol. The van der Waals surface area contributed by atoms with E-state index in [2.05, 4.69) is 5.32 Å². The zero-order chi connectivity index (χ0) is 17.4. The number of hydrogen-bond donors (Lipinski definition) is 1. The van der Waals surface area contributed by atoms with E-state index in [0.717, 1.165) is 29.4 Å². The standard InChI is InChI=1S/C20H31NO3/c1-15(18-14-17(23-2)12-13-19(18)24-3)21-20(22)11-7-10-16-8-5-4-6-9-16/h12-16H,4-11H2,1-3H3,(H,21,22)/t15-/m1/s1. The molecule has 0 aromatic heterocycles. The topological polar surface area (TPSA) is 47.6 Å². The van der Waals surface area contributed by atoms with Crippen LogP contribution in [-0.2, 0) is 4.79 Å². The number of carbonyl (C=O) groups is 1. The summed E-state index contributed by atoms with van der Waals surface area (Å²) in [5.41, 5.74) is 0.942. The maximum atomic E-state index is 12.2. The third-order valence-corrected chi connectivity index (χ3v) is 5.02. The molecule has 4 heteroatoms. The third-order valence-electron chi connectivity index (χ3n) is 5.02. The SMILES string of the molecule is COc1ccc(OC)c([C@@H](C)NC(=O)CCCC2CCCCC2)c1. The van der Waals surface area contributed by atoms with Gasteiger partial charge in [-0.2, -0.15) is 0 Å². The summed E-state index contributed by atoms with van der Waals surface area (Å²) in [7, 11) is 3.28. The Morgan fingerprint density at radius 2 is 1.96 bits per heavy atom. The molecule has 24 heavy (non-hydrogen) atoms. The molecule has 134 valence electrons. The number of benzene rings is 1. The molecule has 2 rings (SSSR count). The molecule has 0 heterocycles. The second-order valence-electron chi connectivity index (χ2n) is 6.79. The molecule has 1 N–H and O–H groups in total. The van der Waals surface area contributed by atoms with Crippen molar-refractivity contribution in [1.82, 2.24) is 5.32 Å². The normalized spacial score (nSPS) is 16.5. The molecule has 0 radical (unpaired) electrons. The van der Waals surface area contributed by atoms with Gasteiger partial charge in [-0.05, 0) is 43.9 Å². The van der Waals surface area contributed by atoms with Crippen molar-refractivity contribution in [3.63, 3.8) is 0 Å². The molecule has 1 amide bonds. The lowest BCUT2D eigenvalue weighted by molar-refractivity contribution is -0.121. The van der Waals surface area contributed by atoms with Crippen molar-refractivity contribution in [2.75, 3.05) is 14.2 Å². The summed E-state index contributed by atoms with van der Waals surface area (Å²) in [6.07, 6.45) is 9.58. The number of methoxy groups -OCH3 is 2. The maximum absolute atomic E-state index is 12.2. The summed E-state index contributed by atoms with van der Waals surface area (Å²) in [4.78, 5) is 12.2. The summed E-state index contributed by atoms with van der Waals surface area (Å²) < 4.78 is 10.7. The highest BCUT2D eigenvalue weighted by molar-refractivity contribution is 5.76. The lowest BCUT2D eigenvalue weighted by atomic mass is 9.86. The van der Waals surface area contributed by atoms with Gasteiger partial charge >= 0.3 is 0 Å². The molecule has 1 aromatic rings. The van der Waals surface area contributed by atoms with Crippen molar-refractivity contribution >= 4 is 5.91 Å². The van der Waals surface area contributed by atoms with Gasteiger partial charge < -0.3 is 14.8 Å². The molecule has 0 saturated heterocycles. The highest BCUT2D eigenvalue weighted by atomic mass is 16.5. The molecule has 0 bridgehead atoms. The molecule has 0 spiro atoms. The van der Waals surface area contributed by atoms with Crippen molar-refractivity contribution in [3.8, 4) is 11.5 Å². The van der Waals surface area contributed by atoms with E-state index in [4.69, 9.17) is 9.47 Å². The van der Waals surface area contributed by atoms with E-state index < -0.39 is 0 Å². The summed E-state index contributed by atoms with van der Waals surface area (Å²) >= 11 is 0. The maximum Gasteiger partial charge on any atom is 0.220 e. The zero-order valence-electron chi connectivity index (χ0n) is 15.3. The highest BCUT2D eigenvalue weighted by Gasteiger charge is 2.17. The number of amides is 1. The molecule has 0 aliphatic heterocycles. The van der Waals surface area contributed by atoms with E-state index >= 15 is 0 Å². The van der Waals surface area contributed by atoms with Gasteiger partial charge in [-0.25, -0.2) is 0 Å². The van der Waals surface area contributed by atoms with Gasteiger partial charge in [-0.15, -0.1) is 0 Å². The lowest BCUT2D eigenvalue weighted by Crippen LogP contribution is -2.26. The molecule has 1 aromatic carbocycles. The molecular formula is C20H31NO3. The van der Waals surface area contributed by atoms with Gasteiger partial charge in [0.05, 0.1) is 20.3 Å². The minimum absolute atomic E-state index is 0.0998. The van der Waals surface area contributed by atoms with Crippen LogP contribution >= 0.6 is 0 Å². The Balaban J connectivity index is 1.82. The van der Waals surface area contributed by atoms with Crippen LogP contribution in [0.25, 0.3) is 0 Å². The Morgan fingerprint density at radius 3 is 2.62 bits per heavy atom. The Bertz CT molecular complexity index is 524. The fourth-order valence-electron chi connectivity index (χ4n) is 3.60. The van der Waals surface area contributed by atoms with Crippen LogP contribution in [0, 0.1) is 5.92 Å². The van der Waals surface area contributed by atoms with Crippen molar-refractivity contribution in [1.29, 1.82) is 0 Å². The van der Waals surface area contributed by atoms with E-state index in [1.807, 2.05) is 25.1 Å². The van der Waals surface area contributed by atoms with Gasteiger partial charge in [-0.3, -0.25) is 4.79 Å². The van der Waals surface area contributed by atoms with Gasteiger partial charge in [0.15, 0.2) is 0 Å². The first-order valence-corrected chi connectivity index (χ1v) is 9.15. The number of rotatable bonds is 8. The first-order valence-electron chi connectivity index (χ1n) is 9.15. The zero-order valence-corrected chi connectivity index (χ0v) is 15.3. The van der Waals surface area contributed by atoms with Crippen LogP contribution in [0.1, 0.15) is 69.9 Å². The average molecular weight is 333 g/mol. The Morgan fingerprint density at radius 1 is 1.21 bits per heavy atom. The van der Waals surface area contributed by atoms with Crippen LogP contribution in [-0.4, -0.2) is 20.1 Å². The van der Waals surface area contributed by atoms with Gasteiger partial charge in [0.1, 0.15) is 11.5 Å². The first kappa shape index (κ1) is 18.6. The fourth-order valence-corrected chi connectivity index (χ4v) is 3.60. The van der Waals surface area contributed by atoms with Crippen LogP contribution in [0.2, 0.25) is 0 Å². The summed E-state index contributed by atoms with van der Waals surface area (Å²) in [5.74, 6) is 2.49. The Hall–Kier alpha value is -1.71. The van der Waals surface area contributed by atoms with E-state index in [9.17, 15) is 4.79 Å². The predicted molar refractivity (Wildman–Crippen MR) is 96.5 cm³/mol. The van der Waals surface area contributed by atoms with Gasteiger partial charge in [-0.1, -0.05) is 32.1 Å². The molecule has 0 unspecified atom stereocenters. The molecule has 1 fully saturated rings. The van der Waals surface area contributed by atoms with Crippen LogP contribution in [0.5, 0.6) is 11.5 Å². The Labute approximate surface area is 145 Å². The van der Waals surface area contributed by atoms with Crippen LogP contribution < -0.4 is 14.8 Å². The second kappa shape index (κ2) is 9.55. The van der Waals surface area contributed by atoms with Crippen molar-refractivity contribution in [2.45, 2.75) is 64.3 Å². The van der Waals surface area contributed by atoms with Crippen molar-refractivity contribution in [3.05, 3.63) is 23.8 Å². The molecular weight excluding hydrogens is 302 g/mol. The fraction of sp³-hybridized carbons (Fsp3) is 0.650. The van der Waals surface area contributed by atoms with Gasteiger partial charge in [0, 0.05) is 12.0 Å². The number of carbonyl (C=O) groups excluding carboxylic acids is 1. The van der Waals surface area contributed by atoms with Crippen LogP contribution in [0.4, 0.5) is 0 Å². The van der Waals surface area contributed by atoms with E-state index in [1.54, 1.807) is 14.2 Å². The van der Waals surface area contributed by atoms with Crippen LogP contribution in [0.15, 0.2) is 18.2 Å². The first-order chi connectivity index (χ1) is 11.6. The highest BCUT2D eigenvalue weighted by Crippen LogP contribution is 2.30. The molecule has 4 nitrogen and oxygen atoms in total. The van der Waals surface area contributed by atoms with Crippen LogP contribution in [0.3, 0.4) is 0 Å². The predicted octanol–water partition coefficient (Wildman–Crippen LogP) is 4.63.